The number of aliphatic hydroxyl groups is 1. The molecule has 0 saturated heterocycles. The predicted molar refractivity (Wildman–Crippen MR) is 99.3 cm³/mol. The zero-order valence-electron chi connectivity index (χ0n) is 14.8. The average Bonchev–Trinajstić information content (AvgIpc) is 2.57. The van der Waals surface area contributed by atoms with Gasteiger partial charge in [0.2, 0.25) is 0 Å². The van der Waals surface area contributed by atoms with E-state index in [1.165, 1.54) is 24.8 Å². The summed E-state index contributed by atoms with van der Waals surface area (Å²) in [6.45, 7) is 3.83. The summed E-state index contributed by atoms with van der Waals surface area (Å²) in [5.74, 6) is 0.932. The fourth-order valence-corrected chi connectivity index (χ4v) is 3.90. The van der Waals surface area contributed by atoms with Gasteiger partial charge < -0.3 is 15.7 Å². The first kappa shape index (κ1) is 17.3. The van der Waals surface area contributed by atoms with Crippen LogP contribution in [-0.4, -0.2) is 36.3 Å². The number of aliphatic imine (C=N–C) groups is 1. The lowest BCUT2D eigenvalue weighted by Crippen LogP contribution is -2.46. The minimum absolute atomic E-state index is 0.112. The van der Waals surface area contributed by atoms with Gasteiger partial charge in [0.25, 0.3) is 0 Å². The van der Waals surface area contributed by atoms with Crippen molar-refractivity contribution in [2.24, 2.45) is 4.99 Å². The Morgan fingerprint density at radius 1 is 1.17 bits per heavy atom. The lowest BCUT2D eigenvalue weighted by atomic mass is 9.64. The van der Waals surface area contributed by atoms with Gasteiger partial charge in [-0.15, -0.1) is 0 Å². The lowest BCUT2D eigenvalue weighted by molar-refractivity contribution is 0.120. The standard InChI is InChI=1S/C20H31N3O/c1-2-21-19(23-17-9-11-18(24)12-10-17)22-15-20(13-6-14-20)16-7-4-3-5-8-16/h3-5,7-8,17-18,24H,2,6,9-15H2,1H3,(H2,21,22,23). The summed E-state index contributed by atoms with van der Waals surface area (Å²) in [6, 6.07) is 11.3. The minimum atomic E-state index is -0.112. The van der Waals surface area contributed by atoms with Gasteiger partial charge in [-0.1, -0.05) is 36.8 Å². The van der Waals surface area contributed by atoms with Crippen LogP contribution >= 0.6 is 0 Å². The van der Waals surface area contributed by atoms with Gasteiger partial charge in [-0.2, -0.15) is 0 Å². The van der Waals surface area contributed by atoms with Gasteiger partial charge in [-0.25, -0.2) is 0 Å². The predicted octanol–water partition coefficient (Wildman–Crippen LogP) is 2.97. The Bertz CT molecular complexity index is 531. The second kappa shape index (κ2) is 8.02. The number of nitrogens with one attached hydrogen (secondary N) is 2. The zero-order valence-corrected chi connectivity index (χ0v) is 14.8. The van der Waals surface area contributed by atoms with Crippen molar-refractivity contribution in [3.63, 3.8) is 0 Å². The van der Waals surface area contributed by atoms with E-state index < -0.39 is 0 Å². The smallest absolute Gasteiger partial charge is 0.191 e. The molecule has 0 bridgehead atoms. The van der Waals surface area contributed by atoms with Gasteiger partial charge >= 0.3 is 0 Å². The molecule has 0 aromatic heterocycles. The topological polar surface area (TPSA) is 56.7 Å². The second-order valence-corrected chi connectivity index (χ2v) is 7.34. The van der Waals surface area contributed by atoms with Crippen LogP contribution in [0.3, 0.4) is 0 Å². The molecule has 0 heterocycles. The first-order chi connectivity index (χ1) is 11.7. The number of hydrogen-bond donors (Lipinski definition) is 3. The van der Waals surface area contributed by atoms with Crippen LogP contribution in [-0.2, 0) is 5.41 Å². The molecule has 24 heavy (non-hydrogen) atoms. The van der Waals surface area contributed by atoms with Gasteiger partial charge in [0, 0.05) is 18.0 Å². The monoisotopic (exact) mass is 329 g/mol. The van der Waals surface area contributed by atoms with Crippen LogP contribution < -0.4 is 10.6 Å². The van der Waals surface area contributed by atoms with Crippen molar-refractivity contribution in [3.05, 3.63) is 35.9 Å². The third kappa shape index (κ3) is 4.10. The summed E-state index contributed by atoms with van der Waals surface area (Å²) in [7, 11) is 0. The van der Waals surface area contributed by atoms with Crippen LogP contribution in [0.4, 0.5) is 0 Å². The fourth-order valence-electron chi connectivity index (χ4n) is 3.90. The van der Waals surface area contributed by atoms with Gasteiger partial charge in [0.05, 0.1) is 12.6 Å². The summed E-state index contributed by atoms with van der Waals surface area (Å²) in [5.41, 5.74) is 1.66. The highest BCUT2D eigenvalue weighted by Gasteiger charge is 2.38. The van der Waals surface area contributed by atoms with E-state index in [0.29, 0.717) is 6.04 Å². The SMILES string of the molecule is CCNC(=NCC1(c2ccccc2)CCC1)NC1CCC(O)CC1. The van der Waals surface area contributed by atoms with E-state index >= 15 is 0 Å². The third-order valence-electron chi connectivity index (χ3n) is 5.62. The second-order valence-electron chi connectivity index (χ2n) is 7.34. The zero-order chi connectivity index (χ0) is 16.8. The molecule has 0 atom stereocenters. The maximum atomic E-state index is 9.67. The number of nitrogens with zero attached hydrogens (tertiary/aromatic N) is 1. The van der Waals surface area contributed by atoms with Crippen LogP contribution in [0.1, 0.15) is 57.4 Å². The normalized spacial score (nSPS) is 26.5. The number of guanidine groups is 1. The number of benzene rings is 1. The van der Waals surface area contributed by atoms with Crippen molar-refractivity contribution in [2.45, 2.75) is 69.4 Å². The Labute approximate surface area is 145 Å². The highest BCUT2D eigenvalue weighted by Crippen LogP contribution is 2.43. The Balaban J connectivity index is 1.64. The molecule has 1 aromatic rings. The van der Waals surface area contributed by atoms with E-state index in [4.69, 9.17) is 4.99 Å². The van der Waals surface area contributed by atoms with E-state index in [2.05, 4.69) is 47.9 Å². The molecule has 0 aliphatic heterocycles. The van der Waals surface area contributed by atoms with Crippen LogP contribution in [0.15, 0.2) is 35.3 Å². The summed E-state index contributed by atoms with van der Waals surface area (Å²) in [4.78, 5) is 4.93. The molecule has 1 aromatic carbocycles. The molecule has 0 unspecified atom stereocenters. The molecule has 4 nitrogen and oxygen atoms in total. The Morgan fingerprint density at radius 2 is 1.88 bits per heavy atom. The molecule has 3 rings (SSSR count). The quantitative estimate of drug-likeness (QED) is 0.575. The van der Waals surface area contributed by atoms with Crippen molar-refractivity contribution in [1.82, 2.24) is 10.6 Å². The molecule has 0 spiro atoms. The molecule has 0 radical (unpaired) electrons. The van der Waals surface area contributed by atoms with E-state index in [9.17, 15) is 5.11 Å². The average molecular weight is 329 g/mol. The highest BCUT2D eigenvalue weighted by atomic mass is 16.3. The lowest BCUT2D eigenvalue weighted by Gasteiger charge is -2.41. The maximum absolute atomic E-state index is 9.67. The summed E-state index contributed by atoms with van der Waals surface area (Å²) in [6.07, 6.45) is 7.49. The molecule has 2 saturated carbocycles. The van der Waals surface area contributed by atoms with Gasteiger partial charge in [-0.3, -0.25) is 4.99 Å². The maximum Gasteiger partial charge on any atom is 0.191 e. The van der Waals surface area contributed by atoms with Gasteiger partial charge in [0.1, 0.15) is 0 Å². The van der Waals surface area contributed by atoms with Crippen molar-refractivity contribution >= 4 is 5.96 Å². The molecule has 132 valence electrons. The number of hydrogen-bond acceptors (Lipinski definition) is 2. The van der Waals surface area contributed by atoms with Crippen molar-refractivity contribution in [1.29, 1.82) is 0 Å². The first-order valence-corrected chi connectivity index (χ1v) is 9.50. The third-order valence-corrected chi connectivity index (χ3v) is 5.62. The van der Waals surface area contributed by atoms with Crippen LogP contribution in [0.2, 0.25) is 0 Å². The molecule has 2 aliphatic carbocycles. The van der Waals surface area contributed by atoms with E-state index in [-0.39, 0.29) is 11.5 Å². The Morgan fingerprint density at radius 3 is 2.46 bits per heavy atom. The molecule has 3 N–H and O–H groups in total. The van der Waals surface area contributed by atoms with Crippen molar-refractivity contribution < 1.29 is 5.11 Å². The Hall–Kier alpha value is -1.55. The first-order valence-electron chi connectivity index (χ1n) is 9.50. The van der Waals surface area contributed by atoms with Crippen LogP contribution in [0, 0.1) is 0 Å². The minimum Gasteiger partial charge on any atom is -0.393 e. The van der Waals surface area contributed by atoms with E-state index in [1.807, 2.05) is 0 Å². The molecule has 2 fully saturated rings. The summed E-state index contributed by atoms with van der Waals surface area (Å²) >= 11 is 0. The molecule has 2 aliphatic rings. The largest absolute Gasteiger partial charge is 0.393 e. The Kier molecular flexibility index (Phi) is 5.77. The molecular weight excluding hydrogens is 298 g/mol. The highest BCUT2D eigenvalue weighted by molar-refractivity contribution is 5.80. The molecule has 4 heteroatoms. The fraction of sp³-hybridized carbons (Fsp3) is 0.650. The van der Waals surface area contributed by atoms with Gasteiger partial charge in [0.15, 0.2) is 5.96 Å². The van der Waals surface area contributed by atoms with E-state index in [0.717, 1.165) is 44.7 Å². The van der Waals surface area contributed by atoms with Crippen molar-refractivity contribution in [3.8, 4) is 0 Å². The summed E-state index contributed by atoms with van der Waals surface area (Å²) in [5, 5.41) is 16.6. The number of aliphatic hydroxyl groups excluding tert-OH is 1. The molecule has 0 amide bonds. The number of rotatable bonds is 5. The van der Waals surface area contributed by atoms with Crippen LogP contribution in [0.25, 0.3) is 0 Å². The molecular formula is C20H31N3O. The van der Waals surface area contributed by atoms with Gasteiger partial charge in [-0.05, 0) is 51.0 Å². The summed E-state index contributed by atoms with van der Waals surface area (Å²) < 4.78 is 0. The van der Waals surface area contributed by atoms with Crippen LogP contribution in [0.5, 0.6) is 0 Å². The van der Waals surface area contributed by atoms with Crippen molar-refractivity contribution in [2.75, 3.05) is 13.1 Å². The van der Waals surface area contributed by atoms with E-state index in [1.54, 1.807) is 0 Å².